The molecule has 0 atom stereocenters. The lowest BCUT2D eigenvalue weighted by Crippen LogP contribution is -2.10. The number of carbonyl (C=O) groups is 1. The highest BCUT2D eigenvalue weighted by Gasteiger charge is 2.13. The van der Waals surface area contributed by atoms with Gasteiger partial charge in [-0.3, -0.25) is 4.79 Å². The predicted molar refractivity (Wildman–Crippen MR) is 121 cm³/mol. The third kappa shape index (κ3) is 5.70. The number of aromatic nitrogens is 2. The van der Waals surface area contributed by atoms with Gasteiger partial charge in [0.1, 0.15) is 23.9 Å². The summed E-state index contributed by atoms with van der Waals surface area (Å²) in [6.45, 7) is 4.44. The molecule has 0 aliphatic heterocycles. The van der Waals surface area contributed by atoms with Crippen molar-refractivity contribution in [3.8, 4) is 11.5 Å². The van der Waals surface area contributed by atoms with Crippen molar-refractivity contribution in [2.24, 2.45) is 0 Å². The van der Waals surface area contributed by atoms with Gasteiger partial charge >= 0.3 is 0 Å². The van der Waals surface area contributed by atoms with Crippen LogP contribution in [0.15, 0.2) is 71.4 Å². The molecular weight excluding hydrogens is 430 g/mol. The molecule has 1 amide bonds. The van der Waals surface area contributed by atoms with Gasteiger partial charge in [0.05, 0.1) is 18.1 Å². The average Bonchev–Trinajstić information content (AvgIpc) is 3.40. The van der Waals surface area contributed by atoms with Crippen LogP contribution in [0, 0.1) is 13.8 Å². The lowest BCUT2D eigenvalue weighted by Gasteiger charge is -2.06. The van der Waals surface area contributed by atoms with Crippen LogP contribution in [-0.2, 0) is 13.3 Å². The summed E-state index contributed by atoms with van der Waals surface area (Å²) in [4.78, 5) is 12.5. The molecule has 0 aliphatic carbocycles. The van der Waals surface area contributed by atoms with Gasteiger partial charge in [-0.1, -0.05) is 23.7 Å². The van der Waals surface area contributed by atoms with Crippen molar-refractivity contribution in [2.75, 3.05) is 5.32 Å². The SMILES string of the molecule is Cc1cc(C)cc(OCc2ccc(C(=O)Nc3cnn(COc4cccc(Cl)c4)c3)o2)c1. The summed E-state index contributed by atoms with van der Waals surface area (Å²) >= 11 is 5.94. The zero-order valence-corrected chi connectivity index (χ0v) is 18.4. The summed E-state index contributed by atoms with van der Waals surface area (Å²) in [5.41, 5.74) is 2.77. The number of carbonyl (C=O) groups excluding carboxylic acids is 1. The second kappa shape index (κ2) is 9.62. The van der Waals surface area contributed by atoms with E-state index in [1.165, 1.54) is 6.20 Å². The second-order valence-electron chi connectivity index (χ2n) is 7.33. The Morgan fingerprint density at radius 3 is 2.66 bits per heavy atom. The minimum atomic E-state index is -0.377. The molecule has 2 aromatic heterocycles. The topological polar surface area (TPSA) is 78.5 Å². The highest BCUT2D eigenvalue weighted by molar-refractivity contribution is 6.30. The first-order valence-electron chi connectivity index (χ1n) is 9.96. The van der Waals surface area contributed by atoms with Gasteiger partial charge in [-0.25, -0.2) is 4.68 Å². The molecule has 0 saturated carbocycles. The fourth-order valence-electron chi connectivity index (χ4n) is 3.14. The molecule has 0 spiro atoms. The first-order valence-corrected chi connectivity index (χ1v) is 10.3. The molecule has 32 heavy (non-hydrogen) atoms. The number of rotatable bonds is 8. The number of benzene rings is 2. The summed E-state index contributed by atoms with van der Waals surface area (Å²) in [7, 11) is 0. The van der Waals surface area contributed by atoms with Crippen LogP contribution in [0.5, 0.6) is 11.5 Å². The van der Waals surface area contributed by atoms with E-state index in [2.05, 4.69) is 16.5 Å². The molecule has 0 bridgehead atoms. The van der Waals surface area contributed by atoms with E-state index in [1.807, 2.05) is 26.0 Å². The number of ether oxygens (including phenoxy) is 2. The van der Waals surface area contributed by atoms with Crippen molar-refractivity contribution in [3.63, 3.8) is 0 Å². The van der Waals surface area contributed by atoms with E-state index in [4.69, 9.17) is 25.5 Å². The molecule has 4 rings (SSSR count). The van der Waals surface area contributed by atoms with Gasteiger partial charge in [0.2, 0.25) is 0 Å². The zero-order chi connectivity index (χ0) is 22.5. The lowest BCUT2D eigenvalue weighted by molar-refractivity contribution is 0.0992. The van der Waals surface area contributed by atoms with Crippen molar-refractivity contribution in [3.05, 3.63) is 94.7 Å². The van der Waals surface area contributed by atoms with Crippen LogP contribution in [-0.4, -0.2) is 15.7 Å². The Hall–Kier alpha value is -3.71. The number of halogens is 1. The third-order valence-electron chi connectivity index (χ3n) is 4.51. The molecule has 0 radical (unpaired) electrons. The van der Waals surface area contributed by atoms with E-state index >= 15 is 0 Å². The van der Waals surface area contributed by atoms with Crippen molar-refractivity contribution < 1.29 is 18.7 Å². The molecule has 1 N–H and O–H groups in total. The molecule has 0 aliphatic rings. The number of furan rings is 1. The molecule has 2 aromatic carbocycles. The molecule has 7 nitrogen and oxygen atoms in total. The van der Waals surface area contributed by atoms with Gasteiger partial charge in [0, 0.05) is 5.02 Å². The maximum absolute atomic E-state index is 12.5. The quantitative estimate of drug-likeness (QED) is 0.376. The zero-order valence-electron chi connectivity index (χ0n) is 17.7. The minimum Gasteiger partial charge on any atom is -0.486 e. The van der Waals surface area contributed by atoms with Crippen LogP contribution in [0.2, 0.25) is 5.02 Å². The lowest BCUT2D eigenvalue weighted by atomic mass is 10.1. The van der Waals surface area contributed by atoms with Crippen LogP contribution < -0.4 is 14.8 Å². The first kappa shape index (κ1) is 21.5. The Labute approximate surface area is 190 Å². The van der Waals surface area contributed by atoms with Crippen molar-refractivity contribution >= 4 is 23.2 Å². The Morgan fingerprint density at radius 1 is 1.06 bits per heavy atom. The maximum Gasteiger partial charge on any atom is 0.291 e. The van der Waals surface area contributed by atoms with Crippen LogP contribution in [0.3, 0.4) is 0 Å². The molecule has 0 saturated heterocycles. The highest BCUT2D eigenvalue weighted by Crippen LogP contribution is 2.20. The van der Waals surface area contributed by atoms with Gasteiger partial charge in [-0.15, -0.1) is 0 Å². The Kier molecular flexibility index (Phi) is 6.47. The molecule has 2 heterocycles. The number of hydrogen-bond donors (Lipinski definition) is 1. The number of anilines is 1. The van der Waals surface area contributed by atoms with Gasteiger partial charge in [-0.2, -0.15) is 5.10 Å². The highest BCUT2D eigenvalue weighted by atomic mass is 35.5. The largest absolute Gasteiger partial charge is 0.486 e. The molecular formula is C24H22ClN3O4. The Morgan fingerprint density at radius 2 is 1.88 bits per heavy atom. The fraction of sp³-hybridized carbons (Fsp3) is 0.167. The standard InChI is InChI=1S/C24H22ClN3O4/c1-16-8-17(2)10-22(9-16)30-14-21-6-7-23(32-21)24(29)27-19-12-26-28(13-19)15-31-20-5-3-4-18(25)11-20/h3-13H,14-15H2,1-2H3,(H,27,29). The van der Waals surface area contributed by atoms with Gasteiger partial charge in [-0.05, 0) is 67.4 Å². The van der Waals surface area contributed by atoms with Crippen LogP contribution >= 0.6 is 11.6 Å². The molecule has 4 aromatic rings. The molecule has 0 unspecified atom stereocenters. The maximum atomic E-state index is 12.5. The predicted octanol–water partition coefficient (Wildman–Crippen LogP) is 5.61. The normalized spacial score (nSPS) is 10.7. The monoisotopic (exact) mass is 451 g/mol. The van der Waals surface area contributed by atoms with E-state index in [0.717, 1.165) is 16.9 Å². The van der Waals surface area contributed by atoms with E-state index in [1.54, 1.807) is 47.3 Å². The van der Waals surface area contributed by atoms with Gasteiger partial charge in [0.25, 0.3) is 5.91 Å². The van der Waals surface area contributed by atoms with Crippen molar-refractivity contribution in [1.82, 2.24) is 9.78 Å². The van der Waals surface area contributed by atoms with E-state index < -0.39 is 0 Å². The second-order valence-corrected chi connectivity index (χ2v) is 7.77. The number of nitrogens with zero attached hydrogens (tertiary/aromatic N) is 2. The summed E-state index contributed by atoms with van der Waals surface area (Å²) in [6.07, 6.45) is 3.20. The van der Waals surface area contributed by atoms with E-state index in [-0.39, 0.29) is 25.0 Å². The van der Waals surface area contributed by atoms with E-state index in [0.29, 0.717) is 22.2 Å². The molecule has 164 valence electrons. The average molecular weight is 452 g/mol. The Bertz CT molecular complexity index is 1210. The van der Waals surface area contributed by atoms with Crippen LogP contribution in [0.1, 0.15) is 27.4 Å². The minimum absolute atomic E-state index is 0.177. The van der Waals surface area contributed by atoms with Crippen molar-refractivity contribution in [1.29, 1.82) is 0 Å². The fourth-order valence-corrected chi connectivity index (χ4v) is 3.32. The number of nitrogens with one attached hydrogen (secondary N) is 1. The van der Waals surface area contributed by atoms with Crippen LogP contribution in [0.4, 0.5) is 5.69 Å². The summed E-state index contributed by atoms with van der Waals surface area (Å²) in [6, 6.07) is 16.4. The van der Waals surface area contributed by atoms with Gasteiger partial charge < -0.3 is 19.2 Å². The first-order chi connectivity index (χ1) is 15.4. The van der Waals surface area contributed by atoms with Crippen molar-refractivity contribution in [2.45, 2.75) is 27.2 Å². The molecule has 0 fully saturated rings. The summed E-state index contributed by atoms with van der Waals surface area (Å²) in [5, 5.41) is 7.52. The number of amides is 1. The van der Waals surface area contributed by atoms with Crippen LogP contribution in [0.25, 0.3) is 0 Å². The number of aryl methyl sites for hydroxylation is 2. The smallest absolute Gasteiger partial charge is 0.291 e. The summed E-state index contributed by atoms with van der Waals surface area (Å²) in [5.74, 6) is 1.76. The Balaban J connectivity index is 1.30. The number of hydrogen-bond acceptors (Lipinski definition) is 5. The van der Waals surface area contributed by atoms with E-state index in [9.17, 15) is 4.79 Å². The third-order valence-corrected chi connectivity index (χ3v) is 4.75. The molecule has 8 heteroatoms. The summed E-state index contributed by atoms with van der Waals surface area (Å²) < 4.78 is 18.6. The van der Waals surface area contributed by atoms with Gasteiger partial charge in [0.15, 0.2) is 12.5 Å².